The summed E-state index contributed by atoms with van der Waals surface area (Å²) < 4.78 is 23.3. The summed E-state index contributed by atoms with van der Waals surface area (Å²) >= 11 is 0. The number of aliphatic hydroxyl groups excluding tert-OH is 1. The lowest BCUT2D eigenvalue weighted by atomic mass is 10.0. The molecule has 0 saturated heterocycles. The Morgan fingerprint density at radius 1 is 0.614 bits per heavy atom. The van der Waals surface area contributed by atoms with Crippen LogP contribution in [-0.4, -0.2) is 68.5 Å². The third-order valence-electron chi connectivity index (χ3n) is 10.6. The minimum Gasteiger partial charge on any atom is -0.756 e. The number of hydrogen-bond donors (Lipinski definition) is 2. The standard InChI is InChI=1S/C48H93N2O6P/c1-6-8-10-12-14-16-18-20-22-24-25-26-28-30-32-34-36-38-40-42-48(52)49-46(45-56-57(53,54)55-44-43-50(3,4)5)47(51)41-39-37-35-33-31-29-27-23-21-19-17-15-13-11-9-7-2/h14,16,20,22,25-26,46-47,51H,6-13,15,17-19,21,23-24,27-45H2,1-5H3,(H-,49,52,53,54)/b16-14-,22-20-,26-25-. The summed E-state index contributed by atoms with van der Waals surface area (Å²) in [4.78, 5) is 25.4. The van der Waals surface area contributed by atoms with Crippen LogP contribution < -0.4 is 10.2 Å². The van der Waals surface area contributed by atoms with Crippen LogP contribution in [0.25, 0.3) is 0 Å². The van der Waals surface area contributed by atoms with Gasteiger partial charge < -0.3 is 28.8 Å². The van der Waals surface area contributed by atoms with E-state index in [0.717, 1.165) is 64.2 Å². The molecule has 0 rings (SSSR count). The summed E-state index contributed by atoms with van der Waals surface area (Å²) in [6.07, 6.45) is 48.5. The van der Waals surface area contributed by atoms with Gasteiger partial charge in [0.1, 0.15) is 13.2 Å². The highest BCUT2D eigenvalue weighted by molar-refractivity contribution is 7.45. The minimum atomic E-state index is -4.57. The van der Waals surface area contributed by atoms with Crippen LogP contribution in [0.3, 0.4) is 0 Å². The van der Waals surface area contributed by atoms with Gasteiger partial charge in [0.25, 0.3) is 7.82 Å². The molecule has 1 amide bonds. The van der Waals surface area contributed by atoms with Crippen LogP contribution in [0.5, 0.6) is 0 Å². The number of allylic oxidation sites excluding steroid dienone is 6. The minimum absolute atomic E-state index is 0.00885. The van der Waals surface area contributed by atoms with Gasteiger partial charge in [0.2, 0.25) is 5.91 Å². The van der Waals surface area contributed by atoms with E-state index in [4.69, 9.17) is 9.05 Å². The molecule has 0 aromatic rings. The number of carbonyl (C=O) groups is 1. The van der Waals surface area contributed by atoms with Crippen LogP contribution in [-0.2, 0) is 18.4 Å². The van der Waals surface area contributed by atoms with Crippen LogP contribution >= 0.6 is 7.82 Å². The molecule has 57 heavy (non-hydrogen) atoms. The van der Waals surface area contributed by atoms with Gasteiger partial charge in [-0.3, -0.25) is 9.36 Å². The number of hydrogen-bond acceptors (Lipinski definition) is 6. The number of likely N-dealkylation sites (N-methyl/N-ethyl adjacent to an activating group) is 1. The number of carbonyl (C=O) groups excluding carboxylic acids is 1. The smallest absolute Gasteiger partial charge is 0.268 e. The van der Waals surface area contributed by atoms with Crippen LogP contribution in [0.1, 0.15) is 213 Å². The lowest BCUT2D eigenvalue weighted by molar-refractivity contribution is -0.870. The molecule has 0 aromatic heterocycles. The molecule has 3 atom stereocenters. The first kappa shape index (κ1) is 55.7. The molecule has 2 N–H and O–H groups in total. The second kappa shape index (κ2) is 40.1. The maximum Gasteiger partial charge on any atom is 0.268 e. The Morgan fingerprint density at radius 3 is 1.51 bits per heavy atom. The van der Waals surface area contributed by atoms with E-state index < -0.39 is 20.0 Å². The first-order chi connectivity index (χ1) is 27.5. The van der Waals surface area contributed by atoms with Gasteiger partial charge in [-0.15, -0.1) is 0 Å². The monoisotopic (exact) mass is 825 g/mol. The van der Waals surface area contributed by atoms with Crippen molar-refractivity contribution in [3.63, 3.8) is 0 Å². The summed E-state index contributed by atoms with van der Waals surface area (Å²) in [6, 6.07) is -0.807. The number of phosphoric acid groups is 1. The topological polar surface area (TPSA) is 108 Å². The molecule has 336 valence electrons. The summed E-state index contributed by atoms with van der Waals surface area (Å²) in [5.74, 6) is -0.177. The molecule has 0 aliphatic rings. The van der Waals surface area contributed by atoms with E-state index in [1.54, 1.807) is 0 Å². The fourth-order valence-corrected chi connectivity index (χ4v) is 7.53. The zero-order valence-corrected chi connectivity index (χ0v) is 38.9. The van der Waals surface area contributed by atoms with Crippen molar-refractivity contribution >= 4 is 13.7 Å². The van der Waals surface area contributed by atoms with E-state index in [0.29, 0.717) is 23.9 Å². The number of unbranched alkanes of at least 4 members (excludes halogenated alkanes) is 24. The average molecular weight is 825 g/mol. The summed E-state index contributed by atoms with van der Waals surface area (Å²) in [7, 11) is 1.29. The van der Waals surface area contributed by atoms with Gasteiger partial charge in [0.05, 0.1) is 39.9 Å². The van der Waals surface area contributed by atoms with Crippen molar-refractivity contribution in [2.75, 3.05) is 40.9 Å². The highest BCUT2D eigenvalue weighted by Gasteiger charge is 2.24. The maximum atomic E-state index is 12.9. The van der Waals surface area contributed by atoms with Crippen molar-refractivity contribution in [1.29, 1.82) is 0 Å². The predicted molar refractivity (Wildman–Crippen MR) is 242 cm³/mol. The molecule has 0 heterocycles. The highest BCUT2D eigenvalue weighted by atomic mass is 31.2. The molecular weight excluding hydrogens is 732 g/mol. The van der Waals surface area contributed by atoms with Gasteiger partial charge in [-0.2, -0.15) is 0 Å². The van der Waals surface area contributed by atoms with Gasteiger partial charge in [-0.25, -0.2) is 0 Å². The lowest BCUT2D eigenvalue weighted by Gasteiger charge is -2.30. The Kier molecular flexibility index (Phi) is 39.2. The average Bonchev–Trinajstić information content (AvgIpc) is 3.16. The normalized spacial score (nSPS) is 14.6. The fourth-order valence-electron chi connectivity index (χ4n) is 6.81. The molecule has 0 aliphatic carbocycles. The molecule has 0 bridgehead atoms. The third-order valence-corrected chi connectivity index (χ3v) is 11.6. The molecule has 0 radical (unpaired) electrons. The second-order valence-electron chi connectivity index (χ2n) is 17.5. The van der Waals surface area contributed by atoms with Gasteiger partial charge in [0, 0.05) is 6.42 Å². The molecular formula is C48H93N2O6P. The van der Waals surface area contributed by atoms with E-state index in [1.807, 2.05) is 21.1 Å². The molecule has 0 fully saturated rings. The molecule has 3 unspecified atom stereocenters. The molecule has 0 aromatic carbocycles. The van der Waals surface area contributed by atoms with Crippen molar-refractivity contribution in [3.8, 4) is 0 Å². The summed E-state index contributed by atoms with van der Waals surface area (Å²) in [6.45, 7) is 4.69. The predicted octanol–water partition coefficient (Wildman–Crippen LogP) is 12.8. The SMILES string of the molecule is CCCCC/C=C\C/C=C\C/C=C\CCCCCCCCC(=O)NC(COP(=O)([O-])OCC[N+](C)(C)C)C(O)CCCCCCCCCCCCCCCCCC. The maximum absolute atomic E-state index is 12.9. The Hall–Kier alpha value is -1.28. The first-order valence-corrected chi connectivity index (χ1v) is 25.3. The number of aliphatic hydroxyl groups is 1. The van der Waals surface area contributed by atoms with Gasteiger partial charge in [-0.1, -0.05) is 192 Å². The first-order valence-electron chi connectivity index (χ1n) is 23.8. The zero-order chi connectivity index (χ0) is 42.1. The molecule has 0 aliphatic heterocycles. The Bertz CT molecular complexity index is 1030. The second-order valence-corrected chi connectivity index (χ2v) is 18.9. The number of nitrogens with zero attached hydrogens (tertiary/aromatic N) is 1. The number of nitrogens with one attached hydrogen (secondary N) is 1. The van der Waals surface area contributed by atoms with E-state index in [1.165, 1.54) is 122 Å². The Balaban J connectivity index is 4.35. The molecule has 8 nitrogen and oxygen atoms in total. The number of phosphoric ester groups is 1. The van der Waals surface area contributed by atoms with E-state index >= 15 is 0 Å². The fraction of sp³-hybridized carbons (Fsp3) is 0.854. The van der Waals surface area contributed by atoms with Crippen molar-refractivity contribution in [1.82, 2.24) is 5.32 Å². The van der Waals surface area contributed by atoms with Gasteiger partial charge in [0.15, 0.2) is 0 Å². The van der Waals surface area contributed by atoms with E-state index in [-0.39, 0.29) is 19.1 Å². The number of amides is 1. The quantitative estimate of drug-likeness (QED) is 0.0274. The van der Waals surface area contributed by atoms with Crippen LogP contribution in [0, 0.1) is 0 Å². The van der Waals surface area contributed by atoms with Crippen molar-refractivity contribution in [2.24, 2.45) is 0 Å². The Labute approximate surface area is 353 Å². The molecule has 9 heteroatoms. The summed E-state index contributed by atoms with van der Waals surface area (Å²) in [5, 5.41) is 13.9. The van der Waals surface area contributed by atoms with Crippen molar-refractivity contribution in [3.05, 3.63) is 36.5 Å². The van der Waals surface area contributed by atoms with Crippen molar-refractivity contribution in [2.45, 2.75) is 225 Å². The van der Waals surface area contributed by atoms with Crippen molar-refractivity contribution < 1.29 is 32.9 Å². The Morgan fingerprint density at radius 2 is 1.02 bits per heavy atom. The lowest BCUT2D eigenvalue weighted by Crippen LogP contribution is -2.46. The van der Waals surface area contributed by atoms with Gasteiger partial charge in [-0.05, 0) is 51.4 Å². The highest BCUT2D eigenvalue weighted by Crippen LogP contribution is 2.38. The summed E-state index contributed by atoms with van der Waals surface area (Å²) in [5.41, 5.74) is 0. The van der Waals surface area contributed by atoms with Gasteiger partial charge >= 0.3 is 0 Å². The molecule has 0 saturated carbocycles. The van der Waals surface area contributed by atoms with E-state index in [9.17, 15) is 19.4 Å². The number of rotatable bonds is 43. The third kappa shape index (κ3) is 42.6. The zero-order valence-electron chi connectivity index (χ0n) is 38.0. The van der Waals surface area contributed by atoms with Crippen LogP contribution in [0.15, 0.2) is 36.5 Å². The number of quaternary nitrogens is 1. The molecule has 0 spiro atoms. The van der Waals surface area contributed by atoms with Crippen LogP contribution in [0.4, 0.5) is 0 Å². The largest absolute Gasteiger partial charge is 0.756 e. The van der Waals surface area contributed by atoms with E-state index in [2.05, 4.69) is 55.6 Å². The van der Waals surface area contributed by atoms with Crippen LogP contribution in [0.2, 0.25) is 0 Å².